The van der Waals surface area contributed by atoms with E-state index in [1.54, 1.807) is 0 Å². The summed E-state index contributed by atoms with van der Waals surface area (Å²) in [6, 6.07) is 6.04. The van der Waals surface area contributed by atoms with E-state index in [0.717, 1.165) is 31.5 Å². The van der Waals surface area contributed by atoms with E-state index in [9.17, 15) is 4.79 Å². The summed E-state index contributed by atoms with van der Waals surface area (Å²) in [5.41, 5.74) is 3.28. The Morgan fingerprint density at radius 2 is 2.05 bits per heavy atom. The van der Waals surface area contributed by atoms with E-state index in [0.29, 0.717) is 5.92 Å². The molecule has 0 aromatic heterocycles. The summed E-state index contributed by atoms with van der Waals surface area (Å²) < 4.78 is 0. The Morgan fingerprint density at radius 3 is 2.90 bits per heavy atom. The second-order valence-electron chi connectivity index (χ2n) is 6.12. The molecule has 1 saturated carbocycles. The number of amides is 1. The lowest BCUT2D eigenvalue weighted by Gasteiger charge is -2.22. The summed E-state index contributed by atoms with van der Waals surface area (Å²) in [6.07, 6.45) is 8.79. The lowest BCUT2D eigenvalue weighted by Crippen LogP contribution is -2.30. The highest BCUT2D eigenvalue weighted by Gasteiger charge is 2.16. The van der Waals surface area contributed by atoms with Crippen molar-refractivity contribution in [3.63, 3.8) is 0 Å². The molecule has 0 spiro atoms. The molecule has 2 aliphatic rings. The average Bonchev–Trinajstić information content (AvgIpc) is 2.53. The molecule has 20 heavy (non-hydrogen) atoms. The number of benzene rings is 1. The molecule has 108 valence electrons. The number of rotatable bonds is 3. The molecule has 0 radical (unpaired) electrons. The van der Waals surface area contributed by atoms with Gasteiger partial charge in [-0.1, -0.05) is 19.3 Å². The van der Waals surface area contributed by atoms with Crippen LogP contribution < -0.4 is 10.6 Å². The van der Waals surface area contributed by atoms with Crippen LogP contribution in [-0.2, 0) is 6.42 Å². The smallest absolute Gasteiger partial charge is 0.251 e. The van der Waals surface area contributed by atoms with Gasteiger partial charge in [0.25, 0.3) is 5.91 Å². The number of carbonyl (C=O) groups is 1. The second kappa shape index (κ2) is 6.29. The summed E-state index contributed by atoms with van der Waals surface area (Å²) >= 11 is 0. The molecule has 1 aliphatic carbocycles. The van der Waals surface area contributed by atoms with E-state index >= 15 is 0 Å². The van der Waals surface area contributed by atoms with Crippen LogP contribution in [0.5, 0.6) is 0 Å². The highest BCUT2D eigenvalue weighted by Crippen LogP contribution is 2.24. The van der Waals surface area contributed by atoms with Crippen LogP contribution in [0.1, 0.15) is 54.4 Å². The molecule has 1 aromatic rings. The van der Waals surface area contributed by atoms with E-state index < -0.39 is 0 Å². The minimum atomic E-state index is 0.0870. The Hall–Kier alpha value is -1.51. The summed E-state index contributed by atoms with van der Waals surface area (Å²) in [7, 11) is 0. The van der Waals surface area contributed by atoms with Crippen LogP contribution in [0.4, 0.5) is 5.69 Å². The van der Waals surface area contributed by atoms with Crippen LogP contribution in [0.25, 0.3) is 0 Å². The molecule has 1 fully saturated rings. The van der Waals surface area contributed by atoms with Gasteiger partial charge in [0.15, 0.2) is 0 Å². The normalized spacial score (nSPS) is 19.0. The van der Waals surface area contributed by atoms with Crippen LogP contribution >= 0.6 is 0 Å². The number of hydrogen-bond acceptors (Lipinski definition) is 2. The summed E-state index contributed by atoms with van der Waals surface area (Å²) in [4.78, 5) is 12.2. The van der Waals surface area contributed by atoms with Crippen molar-refractivity contribution in [3.05, 3.63) is 29.3 Å². The molecule has 0 saturated heterocycles. The SMILES string of the molecule is O=C(NCC1CCCCC1)c1ccc2c(c1)CCCN2. The highest BCUT2D eigenvalue weighted by molar-refractivity contribution is 5.95. The van der Waals surface area contributed by atoms with Gasteiger partial charge in [0, 0.05) is 24.3 Å². The lowest BCUT2D eigenvalue weighted by atomic mass is 9.89. The van der Waals surface area contributed by atoms with Crippen LogP contribution in [-0.4, -0.2) is 19.0 Å². The Kier molecular flexibility index (Phi) is 4.24. The third kappa shape index (κ3) is 3.14. The maximum absolute atomic E-state index is 12.2. The zero-order chi connectivity index (χ0) is 13.8. The molecule has 1 amide bonds. The Labute approximate surface area is 121 Å². The number of hydrogen-bond donors (Lipinski definition) is 2. The van der Waals surface area contributed by atoms with E-state index in [4.69, 9.17) is 0 Å². The first-order valence-electron chi connectivity index (χ1n) is 7.98. The molecular weight excluding hydrogens is 248 g/mol. The molecule has 3 heteroatoms. The van der Waals surface area contributed by atoms with Crippen LogP contribution in [0.3, 0.4) is 0 Å². The van der Waals surface area contributed by atoms with E-state index in [-0.39, 0.29) is 5.91 Å². The number of fused-ring (bicyclic) bond motifs is 1. The van der Waals surface area contributed by atoms with Crippen molar-refractivity contribution in [2.45, 2.75) is 44.9 Å². The van der Waals surface area contributed by atoms with Gasteiger partial charge in [-0.3, -0.25) is 4.79 Å². The van der Waals surface area contributed by atoms with Gasteiger partial charge < -0.3 is 10.6 Å². The zero-order valence-corrected chi connectivity index (χ0v) is 12.1. The Bertz CT molecular complexity index is 478. The summed E-state index contributed by atoms with van der Waals surface area (Å²) in [6.45, 7) is 1.88. The number of anilines is 1. The van der Waals surface area contributed by atoms with Crippen molar-refractivity contribution >= 4 is 11.6 Å². The van der Waals surface area contributed by atoms with Gasteiger partial charge in [-0.25, -0.2) is 0 Å². The molecule has 0 unspecified atom stereocenters. The maximum Gasteiger partial charge on any atom is 0.251 e. The molecule has 0 bridgehead atoms. The number of aryl methyl sites for hydroxylation is 1. The van der Waals surface area contributed by atoms with Gasteiger partial charge in [0.1, 0.15) is 0 Å². The average molecular weight is 272 g/mol. The summed E-state index contributed by atoms with van der Waals surface area (Å²) in [5.74, 6) is 0.774. The maximum atomic E-state index is 12.2. The van der Waals surface area contributed by atoms with E-state index in [1.807, 2.05) is 12.1 Å². The van der Waals surface area contributed by atoms with Gasteiger partial charge in [-0.05, 0) is 55.4 Å². The zero-order valence-electron chi connectivity index (χ0n) is 12.1. The van der Waals surface area contributed by atoms with Crippen molar-refractivity contribution in [2.75, 3.05) is 18.4 Å². The first-order valence-corrected chi connectivity index (χ1v) is 7.98. The molecule has 2 N–H and O–H groups in total. The monoisotopic (exact) mass is 272 g/mol. The molecular formula is C17H24N2O. The minimum absolute atomic E-state index is 0.0870. The topological polar surface area (TPSA) is 41.1 Å². The van der Waals surface area contributed by atoms with E-state index in [2.05, 4.69) is 16.7 Å². The predicted octanol–water partition coefficient (Wildman–Crippen LogP) is 3.35. The van der Waals surface area contributed by atoms with Crippen LogP contribution in [0, 0.1) is 5.92 Å². The summed E-state index contributed by atoms with van der Waals surface area (Å²) in [5, 5.41) is 6.50. The second-order valence-corrected chi connectivity index (χ2v) is 6.12. The van der Waals surface area contributed by atoms with Crippen molar-refractivity contribution in [2.24, 2.45) is 5.92 Å². The fourth-order valence-corrected chi connectivity index (χ4v) is 3.35. The minimum Gasteiger partial charge on any atom is -0.385 e. The quantitative estimate of drug-likeness (QED) is 0.886. The third-order valence-electron chi connectivity index (χ3n) is 4.58. The van der Waals surface area contributed by atoms with Gasteiger partial charge in [-0.15, -0.1) is 0 Å². The van der Waals surface area contributed by atoms with Crippen molar-refractivity contribution < 1.29 is 4.79 Å². The molecule has 1 aliphatic heterocycles. The van der Waals surface area contributed by atoms with Gasteiger partial charge in [-0.2, -0.15) is 0 Å². The van der Waals surface area contributed by atoms with Gasteiger partial charge in [0.2, 0.25) is 0 Å². The highest BCUT2D eigenvalue weighted by atomic mass is 16.1. The fourth-order valence-electron chi connectivity index (χ4n) is 3.35. The van der Waals surface area contributed by atoms with Crippen molar-refractivity contribution in [1.29, 1.82) is 0 Å². The van der Waals surface area contributed by atoms with Crippen molar-refractivity contribution in [1.82, 2.24) is 5.32 Å². The van der Waals surface area contributed by atoms with Gasteiger partial charge in [0.05, 0.1) is 0 Å². The molecule has 0 atom stereocenters. The molecule has 1 heterocycles. The number of nitrogens with one attached hydrogen (secondary N) is 2. The Morgan fingerprint density at radius 1 is 1.20 bits per heavy atom. The molecule has 3 rings (SSSR count). The van der Waals surface area contributed by atoms with Crippen LogP contribution in [0.15, 0.2) is 18.2 Å². The number of carbonyl (C=O) groups excluding carboxylic acids is 1. The first-order chi connectivity index (χ1) is 9.83. The Balaban J connectivity index is 1.59. The third-order valence-corrected chi connectivity index (χ3v) is 4.58. The van der Waals surface area contributed by atoms with Gasteiger partial charge >= 0.3 is 0 Å². The first kappa shape index (κ1) is 13.5. The molecule has 1 aromatic carbocycles. The van der Waals surface area contributed by atoms with Crippen molar-refractivity contribution in [3.8, 4) is 0 Å². The lowest BCUT2D eigenvalue weighted by molar-refractivity contribution is 0.0943. The fraction of sp³-hybridized carbons (Fsp3) is 0.588. The predicted molar refractivity (Wildman–Crippen MR) is 82.2 cm³/mol. The standard InChI is InChI=1S/C17H24N2O/c20-17(19-12-13-5-2-1-3-6-13)15-8-9-16-14(11-15)7-4-10-18-16/h8-9,11,13,18H,1-7,10,12H2,(H,19,20). The van der Waals surface area contributed by atoms with Crippen LogP contribution in [0.2, 0.25) is 0 Å². The largest absolute Gasteiger partial charge is 0.385 e. The molecule has 3 nitrogen and oxygen atoms in total. The van der Waals surface area contributed by atoms with E-state index in [1.165, 1.54) is 43.4 Å².